The van der Waals surface area contributed by atoms with Gasteiger partial charge in [0.15, 0.2) is 0 Å². The van der Waals surface area contributed by atoms with Gasteiger partial charge >= 0.3 is 6.09 Å². The molecule has 0 aliphatic heterocycles. The number of fused-ring (bicyclic) bond motifs is 1. The first-order valence-electron chi connectivity index (χ1n) is 8.16. The standard InChI is InChI=1S/C21H20N2O2/c1-14-17-12-15(13-22)10-11-18(17)23(20(24)25-21(2,3)4)19(14)16-8-6-5-7-9-16/h5-12H,1-4H3. The summed E-state index contributed by atoms with van der Waals surface area (Å²) in [6.07, 6.45) is -0.422. The predicted octanol–water partition coefficient (Wildman–Crippen LogP) is 5.27. The third-order valence-corrected chi connectivity index (χ3v) is 3.97. The number of hydrogen-bond donors (Lipinski definition) is 0. The van der Waals surface area contributed by atoms with Crippen LogP contribution in [0.3, 0.4) is 0 Å². The summed E-state index contributed by atoms with van der Waals surface area (Å²) in [5.74, 6) is 0. The second kappa shape index (κ2) is 6.10. The second-order valence-electron chi connectivity index (χ2n) is 7.00. The maximum atomic E-state index is 12.9. The molecule has 25 heavy (non-hydrogen) atoms. The van der Waals surface area contributed by atoms with Crippen LogP contribution in [0.1, 0.15) is 31.9 Å². The first kappa shape index (κ1) is 16.8. The van der Waals surface area contributed by atoms with Crippen molar-refractivity contribution in [3.05, 3.63) is 59.7 Å². The lowest BCUT2D eigenvalue weighted by atomic mass is 10.1. The van der Waals surface area contributed by atoms with Gasteiger partial charge in [-0.1, -0.05) is 30.3 Å². The normalized spacial score (nSPS) is 11.3. The van der Waals surface area contributed by atoms with Crippen molar-refractivity contribution in [3.63, 3.8) is 0 Å². The molecule has 3 aromatic rings. The predicted molar refractivity (Wildman–Crippen MR) is 98.5 cm³/mol. The van der Waals surface area contributed by atoms with E-state index >= 15 is 0 Å². The molecule has 0 amide bonds. The highest BCUT2D eigenvalue weighted by Gasteiger charge is 2.25. The van der Waals surface area contributed by atoms with E-state index in [4.69, 9.17) is 4.74 Å². The second-order valence-corrected chi connectivity index (χ2v) is 7.00. The molecule has 0 bridgehead atoms. The maximum Gasteiger partial charge on any atom is 0.419 e. The summed E-state index contributed by atoms with van der Waals surface area (Å²) < 4.78 is 7.23. The van der Waals surface area contributed by atoms with Gasteiger partial charge < -0.3 is 4.74 Å². The highest BCUT2D eigenvalue weighted by atomic mass is 16.6. The van der Waals surface area contributed by atoms with E-state index in [1.807, 2.05) is 64.1 Å². The molecule has 0 aliphatic rings. The lowest BCUT2D eigenvalue weighted by Crippen LogP contribution is -2.27. The van der Waals surface area contributed by atoms with Gasteiger partial charge in [-0.05, 0) is 57.0 Å². The molecule has 0 radical (unpaired) electrons. The number of aromatic nitrogens is 1. The zero-order valence-electron chi connectivity index (χ0n) is 14.8. The molecule has 126 valence electrons. The van der Waals surface area contributed by atoms with Crippen molar-refractivity contribution < 1.29 is 9.53 Å². The molecule has 1 heterocycles. The van der Waals surface area contributed by atoms with Gasteiger partial charge in [-0.15, -0.1) is 0 Å². The number of carbonyl (C=O) groups excluding carboxylic acids is 1. The van der Waals surface area contributed by atoms with Gasteiger partial charge in [0.1, 0.15) is 5.60 Å². The van der Waals surface area contributed by atoms with E-state index in [-0.39, 0.29) is 0 Å². The van der Waals surface area contributed by atoms with Crippen LogP contribution >= 0.6 is 0 Å². The summed E-state index contributed by atoms with van der Waals surface area (Å²) in [6.45, 7) is 7.50. The van der Waals surface area contributed by atoms with E-state index in [0.29, 0.717) is 5.56 Å². The van der Waals surface area contributed by atoms with Crippen molar-refractivity contribution in [1.82, 2.24) is 4.57 Å². The molecule has 0 spiro atoms. The fraction of sp³-hybridized carbons (Fsp3) is 0.238. The van der Waals surface area contributed by atoms with Crippen molar-refractivity contribution >= 4 is 17.0 Å². The molecule has 0 saturated carbocycles. The summed E-state index contributed by atoms with van der Waals surface area (Å²) in [6, 6.07) is 17.2. The Labute approximate surface area is 147 Å². The summed E-state index contributed by atoms with van der Waals surface area (Å²) in [4.78, 5) is 12.9. The summed E-state index contributed by atoms with van der Waals surface area (Å²) in [7, 11) is 0. The number of benzene rings is 2. The minimum atomic E-state index is -0.595. The number of aryl methyl sites for hydroxylation is 1. The Kier molecular flexibility index (Phi) is 4.10. The van der Waals surface area contributed by atoms with E-state index in [1.165, 1.54) is 0 Å². The molecule has 0 unspecified atom stereocenters. The van der Waals surface area contributed by atoms with Crippen LogP contribution in [0, 0.1) is 18.3 Å². The van der Waals surface area contributed by atoms with Crippen LogP contribution in [0.4, 0.5) is 4.79 Å². The first-order chi connectivity index (χ1) is 11.8. The van der Waals surface area contributed by atoms with Crippen molar-refractivity contribution in [2.75, 3.05) is 0 Å². The molecular weight excluding hydrogens is 312 g/mol. The molecule has 0 aliphatic carbocycles. The Bertz CT molecular complexity index is 987. The van der Waals surface area contributed by atoms with E-state index in [9.17, 15) is 10.1 Å². The lowest BCUT2D eigenvalue weighted by molar-refractivity contribution is 0.0547. The van der Waals surface area contributed by atoms with Gasteiger partial charge in [-0.2, -0.15) is 5.26 Å². The maximum absolute atomic E-state index is 12.9. The fourth-order valence-corrected chi connectivity index (χ4v) is 2.96. The summed E-state index contributed by atoms with van der Waals surface area (Å²) in [5, 5.41) is 10.1. The average molecular weight is 332 g/mol. The molecule has 1 aromatic heterocycles. The Morgan fingerprint density at radius 2 is 1.80 bits per heavy atom. The van der Waals surface area contributed by atoms with Crippen molar-refractivity contribution in [2.45, 2.75) is 33.3 Å². The van der Waals surface area contributed by atoms with Crippen LogP contribution in [-0.2, 0) is 4.74 Å². The van der Waals surface area contributed by atoms with Crippen LogP contribution in [0.25, 0.3) is 22.2 Å². The van der Waals surface area contributed by atoms with Crippen LogP contribution in [0.2, 0.25) is 0 Å². The van der Waals surface area contributed by atoms with Gasteiger partial charge in [0, 0.05) is 5.39 Å². The van der Waals surface area contributed by atoms with Crippen molar-refractivity contribution in [1.29, 1.82) is 5.26 Å². The zero-order valence-corrected chi connectivity index (χ0v) is 14.8. The van der Waals surface area contributed by atoms with Crippen molar-refractivity contribution in [3.8, 4) is 17.3 Å². The highest BCUT2D eigenvalue weighted by Crippen LogP contribution is 2.34. The summed E-state index contributed by atoms with van der Waals surface area (Å²) >= 11 is 0. The third kappa shape index (κ3) is 3.14. The van der Waals surface area contributed by atoms with Crippen molar-refractivity contribution in [2.24, 2.45) is 0 Å². The van der Waals surface area contributed by atoms with Crippen LogP contribution in [-0.4, -0.2) is 16.3 Å². The van der Waals surface area contributed by atoms with Crippen LogP contribution in [0.5, 0.6) is 0 Å². The SMILES string of the molecule is Cc1c(-c2ccccc2)n(C(=O)OC(C)(C)C)c2ccc(C#N)cc12. The van der Waals surface area contributed by atoms with Crippen LogP contribution < -0.4 is 0 Å². The van der Waals surface area contributed by atoms with Gasteiger partial charge in [0.2, 0.25) is 0 Å². The lowest BCUT2D eigenvalue weighted by Gasteiger charge is -2.21. The minimum Gasteiger partial charge on any atom is -0.443 e. The van der Waals surface area contributed by atoms with Gasteiger partial charge in [-0.25, -0.2) is 9.36 Å². The van der Waals surface area contributed by atoms with E-state index < -0.39 is 11.7 Å². The van der Waals surface area contributed by atoms with Crippen LogP contribution in [0.15, 0.2) is 48.5 Å². The molecule has 4 nitrogen and oxygen atoms in total. The minimum absolute atomic E-state index is 0.422. The van der Waals surface area contributed by atoms with E-state index in [2.05, 4.69) is 6.07 Å². The molecule has 0 atom stereocenters. The molecule has 0 saturated heterocycles. The smallest absolute Gasteiger partial charge is 0.419 e. The average Bonchev–Trinajstić information content (AvgIpc) is 2.86. The number of nitrogens with zero attached hydrogens (tertiary/aromatic N) is 2. The summed E-state index contributed by atoms with van der Waals surface area (Å²) in [5.41, 5.74) is 3.38. The zero-order chi connectivity index (χ0) is 18.2. The molecule has 4 heteroatoms. The topological polar surface area (TPSA) is 55.0 Å². The number of carbonyl (C=O) groups is 1. The van der Waals surface area contributed by atoms with Gasteiger partial charge in [0.25, 0.3) is 0 Å². The Morgan fingerprint density at radius 1 is 1.12 bits per heavy atom. The van der Waals surface area contributed by atoms with E-state index in [0.717, 1.165) is 27.7 Å². The quantitative estimate of drug-likeness (QED) is 0.610. The van der Waals surface area contributed by atoms with E-state index in [1.54, 1.807) is 16.7 Å². The molecule has 0 fully saturated rings. The van der Waals surface area contributed by atoms with Gasteiger partial charge in [-0.3, -0.25) is 0 Å². The van der Waals surface area contributed by atoms with Gasteiger partial charge in [0.05, 0.1) is 22.8 Å². The molecule has 2 aromatic carbocycles. The number of hydrogen-bond acceptors (Lipinski definition) is 3. The molecule has 3 rings (SSSR count). The Hall–Kier alpha value is -3.06. The highest BCUT2D eigenvalue weighted by molar-refractivity contribution is 5.99. The Morgan fingerprint density at radius 3 is 2.40 bits per heavy atom. The first-order valence-corrected chi connectivity index (χ1v) is 8.16. The number of nitriles is 1. The number of rotatable bonds is 1. The molecule has 0 N–H and O–H groups in total. The monoisotopic (exact) mass is 332 g/mol. The largest absolute Gasteiger partial charge is 0.443 e. The Balaban J connectivity index is 2.32. The fourth-order valence-electron chi connectivity index (χ4n) is 2.96. The molecular formula is C21H20N2O2. The number of ether oxygens (including phenoxy) is 1. The third-order valence-electron chi connectivity index (χ3n) is 3.97.